The molecule has 0 saturated carbocycles. The predicted molar refractivity (Wildman–Crippen MR) is 81.7 cm³/mol. The summed E-state index contributed by atoms with van der Waals surface area (Å²) in [4.78, 5) is 8.78. The van der Waals surface area contributed by atoms with Crippen molar-refractivity contribution < 1.29 is 0 Å². The maximum absolute atomic E-state index is 5.99. The second kappa shape index (κ2) is 5.55. The fourth-order valence-electron chi connectivity index (χ4n) is 1.54. The maximum Gasteiger partial charge on any atom is 0.163 e. The molecule has 1 heterocycles. The van der Waals surface area contributed by atoms with Crippen LogP contribution in [0.25, 0.3) is 11.4 Å². The van der Waals surface area contributed by atoms with Gasteiger partial charge in [-0.15, -0.1) is 0 Å². The average molecular weight is 391 g/mol. The summed E-state index contributed by atoms with van der Waals surface area (Å²) in [5.41, 5.74) is 7.59. The highest BCUT2D eigenvalue weighted by Crippen LogP contribution is 2.31. The number of nitrogens with two attached hydrogens (primary N) is 1. The lowest BCUT2D eigenvalue weighted by molar-refractivity contribution is 0.995. The summed E-state index contributed by atoms with van der Waals surface area (Å²) >= 11 is 12.9. The topological polar surface area (TPSA) is 51.8 Å². The molecule has 6 heteroatoms. The molecular weight excluding hydrogens is 381 g/mol. The van der Waals surface area contributed by atoms with E-state index in [2.05, 4.69) is 41.8 Å². The molecule has 94 valence electrons. The standard InChI is InChI=1S/C12H10Br2ClN3/c1-2-9-10(14)11(16)18-12(17-9)7-5-6(15)3-4-8(7)13/h3-5H,2H2,1H3,(H2,16,17,18). The summed E-state index contributed by atoms with van der Waals surface area (Å²) in [6, 6.07) is 5.48. The van der Waals surface area contributed by atoms with Gasteiger partial charge < -0.3 is 5.73 Å². The van der Waals surface area contributed by atoms with Gasteiger partial charge in [-0.25, -0.2) is 9.97 Å². The van der Waals surface area contributed by atoms with Crippen LogP contribution in [0, 0.1) is 0 Å². The molecule has 0 radical (unpaired) electrons. The summed E-state index contributed by atoms with van der Waals surface area (Å²) in [5.74, 6) is 1.01. The van der Waals surface area contributed by atoms with Crippen molar-refractivity contribution in [3.8, 4) is 11.4 Å². The fourth-order valence-corrected chi connectivity index (χ4v) is 2.59. The van der Waals surface area contributed by atoms with Gasteiger partial charge >= 0.3 is 0 Å². The molecule has 1 aromatic heterocycles. The van der Waals surface area contributed by atoms with Crippen LogP contribution in [0.4, 0.5) is 5.82 Å². The monoisotopic (exact) mass is 389 g/mol. The van der Waals surface area contributed by atoms with Crippen molar-refractivity contribution in [1.29, 1.82) is 0 Å². The Hall–Kier alpha value is -0.650. The molecule has 0 aliphatic heterocycles. The Balaban J connectivity index is 2.64. The highest BCUT2D eigenvalue weighted by Gasteiger charge is 2.12. The van der Waals surface area contributed by atoms with Crippen LogP contribution in [-0.4, -0.2) is 9.97 Å². The van der Waals surface area contributed by atoms with Crippen molar-refractivity contribution in [2.75, 3.05) is 5.73 Å². The maximum atomic E-state index is 5.99. The van der Waals surface area contributed by atoms with Gasteiger partial charge in [0, 0.05) is 15.1 Å². The Labute approximate surface area is 127 Å². The first-order valence-corrected chi connectivity index (χ1v) is 7.26. The first-order valence-electron chi connectivity index (χ1n) is 5.30. The Kier molecular flexibility index (Phi) is 4.25. The van der Waals surface area contributed by atoms with Crippen LogP contribution >= 0.6 is 43.5 Å². The number of nitrogens with zero attached hydrogens (tertiary/aromatic N) is 2. The number of anilines is 1. The number of aromatic nitrogens is 2. The lowest BCUT2D eigenvalue weighted by atomic mass is 10.2. The molecule has 0 amide bonds. The largest absolute Gasteiger partial charge is 0.383 e. The van der Waals surface area contributed by atoms with Crippen molar-refractivity contribution in [2.24, 2.45) is 0 Å². The van der Waals surface area contributed by atoms with Gasteiger partial charge in [0.25, 0.3) is 0 Å². The Morgan fingerprint density at radius 2 is 2.00 bits per heavy atom. The molecule has 0 aliphatic rings. The summed E-state index contributed by atoms with van der Waals surface area (Å²) in [7, 11) is 0. The van der Waals surface area contributed by atoms with Gasteiger partial charge in [-0.2, -0.15) is 0 Å². The Bertz CT molecular complexity index is 602. The number of hydrogen-bond donors (Lipinski definition) is 1. The van der Waals surface area contributed by atoms with E-state index < -0.39 is 0 Å². The summed E-state index contributed by atoms with van der Waals surface area (Å²) in [6.07, 6.45) is 0.776. The quantitative estimate of drug-likeness (QED) is 0.822. The number of nitrogen functional groups attached to an aromatic ring is 1. The number of halogens is 3. The molecule has 0 saturated heterocycles. The number of rotatable bonds is 2. The molecule has 2 aromatic rings. The molecule has 3 nitrogen and oxygen atoms in total. The van der Waals surface area contributed by atoms with Crippen LogP contribution in [-0.2, 0) is 6.42 Å². The molecule has 0 atom stereocenters. The smallest absolute Gasteiger partial charge is 0.163 e. The summed E-state index contributed by atoms with van der Waals surface area (Å²) in [5, 5.41) is 0.635. The van der Waals surface area contributed by atoms with E-state index in [0.29, 0.717) is 16.7 Å². The summed E-state index contributed by atoms with van der Waals surface area (Å²) in [6.45, 7) is 2.02. The van der Waals surface area contributed by atoms with Gasteiger partial charge in [-0.05, 0) is 40.5 Å². The minimum Gasteiger partial charge on any atom is -0.383 e. The van der Waals surface area contributed by atoms with Crippen LogP contribution in [0.1, 0.15) is 12.6 Å². The molecule has 0 spiro atoms. The average Bonchev–Trinajstić information content (AvgIpc) is 2.35. The van der Waals surface area contributed by atoms with E-state index in [4.69, 9.17) is 17.3 Å². The van der Waals surface area contributed by atoms with Gasteiger partial charge in [0.2, 0.25) is 0 Å². The van der Waals surface area contributed by atoms with Crippen molar-refractivity contribution in [3.05, 3.63) is 37.9 Å². The van der Waals surface area contributed by atoms with Gasteiger partial charge in [0.1, 0.15) is 5.82 Å². The number of aryl methyl sites for hydroxylation is 1. The third kappa shape index (κ3) is 2.68. The van der Waals surface area contributed by atoms with Crippen molar-refractivity contribution in [2.45, 2.75) is 13.3 Å². The lowest BCUT2D eigenvalue weighted by Gasteiger charge is -2.09. The van der Waals surface area contributed by atoms with Crippen molar-refractivity contribution in [1.82, 2.24) is 9.97 Å². The normalized spacial score (nSPS) is 10.7. The zero-order valence-electron chi connectivity index (χ0n) is 9.54. The van der Waals surface area contributed by atoms with Crippen LogP contribution in [0.5, 0.6) is 0 Å². The highest BCUT2D eigenvalue weighted by molar-refractivity contribution is 9.11. The van der Waals surface area contributed by atoms with Crippen LogP contribution in [0.3, 0.4) is 0 Å². The molecule has 0 aliphatic carbocycles. The van der Waals surface area contributed by atoms with Gasteiger partial charge in [0.15, 0.2) is 5.82 Å². The Morgan fingerprint density at radius 3 is 2.67 bits per heavy atom. The summed E-state index contributed by atoms with van der Waals surface area (Å²) < 4.78 is 1.64. The molecule has 0 fully saturated rings. The van der Waals surface area contributed by atoms with E-state index in [9.17, 15) is 0 Å². The molecule has 18 heavy (non-hydrogen) atoms. The number of hydrogen-bond acceptors (Lipinski definition) is 3. The fraction of sp³-hybridized carbons (Fsp3) is 0.167. The van der Waals surface area contributed by atoms with Crippen molar-refractivity contribution in [3.63, 3.8) is 0 Å². The SMILES string of the molecule is CCc1nc(-c2cc(Cl)ccc2Br)nc(N)c1Br. The van der Waals surface area contributed by atoms with Crippen LogP contribution in [0.2, 0.25) is 5.02 Å². The second-order valence-corrected chi connectivity index (χ2v) is 5.75. The minimum absolute atomic E-state index is 0.434. The van der Waals surface area contributed by atoms with Gasteiger partial charge in [0.05, 0.1) is 10.2 Å². The zero-order chi connectivity index (χ0) is 13.3. The highest BCUT2D eigenvalue weighted by atomic mass is 79.9. The first-order chi connectivity index (χ1) is 8.52. The third-order valence-electron chi connectivity index (χ3n) is 2.45. The molecule has 2 N–H and O–H groups in total. The predicted octanol–water partition coefficient (Wildman–Crippen LogP) is 4.47. The van der Waals surface area contributed by atoms with Crippen LogP contribution < -0.4 is 5.73 Å². The van der Waals surface area contributed by atoms with E-state index in [1.165, 1.54) is 0 Å². The van der Waals surface area contributed by atoms with Gasteiger partial charge in [-0.3, -0.25) is 0 Å². The second-order valence-electron chi connectivity index (χ2n) is 3.67. The van der Waals surface area contributed by atoms with E-state index >= 15 is 0 Å². The molecule has 2 rings (SSSR count). The molecule has 0 unspecified atom stereocenters. The van der Waals surface area contributed by atoms with E-state index in [1.54, 1.807) is 6.07 Å². The number of benzene rings is 1. The Morgan fingerprint density at radius 1 is 1.28 bits per heavy atom. The molecule has 1 aromatic carbocycles. The molecular formula is C12H10Br2ClN3. The van der Waals surface area contributed by atoms with E-state index in [1.807, 2.05) is 19.1 Å². The lowest BCUT2D eigenvalue weighted by Crippen LogP contribution is -2.02. The third-order valence-corrected chi connectivity index (χ3v) is 4.24. The van der Waals surface area contributed by atoms with Gasteiger partial charge in [-0.1, -0.05) is 34.5 Å². The van der Waals surface area contributed by atoms with E-state index in [-0.39, 0.29) is 0 Å². The zero-order valence-corrected chi connectivity index (χ0v) is 13.5. The first kappa shape index (κ1) is 13.8. The van der Waals surface area contributed by atoms with E-state index in [0.717, 1.165) is 26.6 Å². The van der Waals surface area contributed by atoms with Crippen molar-refractivity contribution >= 4 is 49.3 Å². The van der Waals surface area contributed by atoms with Crippen LogP contribution in [0.15, 0.2) is 27.1 Å². The molecule has 0 bridgehead atoms. The minimum atomic E-state index is 0.434.